The number of nitrogens with zero attached hydrogens (tertiary/aromatic N) is 4. The van der Waals surface area contributed by atoms with E-state index in [4.69, 9.17) is 28.3 Å². The van der Waals surface area contributed by atoms with Gasteiger partial charge in [0.2, 0.25) is 0 Å². The van der Waals surface area contributed by atoms with Crippen LogP contribution in [-0.2, 0) is 4.74 Å². The lowest BCUT2D eigenvalue weighted by molar-refractivity contribution is -0.0226. The number of hydrogen-bond acceptors (Lipinski definition) is 7. The molecule has 8 nitrogen and oxygen atoms in total. The van der Waals surface area contributed by atoms with Crippen molar-refractivity contribution in [2.75, 3.05) is 43.1 Å². The van der Waals surface area contributed by atoms with Crippen molar-refractivity contribution in [1.29, 1.82) is 0 Å². The third-order valence-electron chi connectivity index (χ3n) is 5.95. The van der Waals surface area contributed by atoms with Crippen molar-refractivity contribution in [3.8, 4) is 0 Å². The van der Waals surface area contributed by atoms with E-state index in [1.54, 1.807) is 9.80 Å². The summed E-state index contributed by atoms with van der Waals surface area (Å²) in [6.07, 6.45) is 1.85. The van der Waals surface area contributed by atoms with Crippen molar-refractivity contribution in [2.24, 2.45) is 0 Å². The van der Waals surface area contributed by atoms with Crippen LogP contribution < -0.4 is 9.80 Å². The number of carbonyl (C=O) groups is 2. The molecule has 4 heterocycles. The van der Waals surface area contributed by atoms with Crippen molar-refractivity contribution >= 4 is 46.5 Å². The number of halogens is 6. The van der Waals surface area contributed by atoms with Gasteiger partial charge in [-0.3, -0.25) is 0 Å². The Labute approximate surface area is 220 Å². The maximum absolute atomic E-state index is 13.1. The molecule has 0 amide bonds. The van der Waals surface area contributed by atoms with E-state index in [-0.39, 0.29) is 68.3 Å². The predicted molar refractivity (Wildman–Crippen MR) is 130 cm³/mol. The van der Waals surface area contributed by atoms with Gasteiger partial charge in [0.15, 0.2) is 0 Å². The largest absolute Gasteiger partial charge is 0.477 e. The molecule has 2 saturated heterocycles. The van der Waals surface area contributed by atoms with Crippen molar-refractivity contribution in [3.63, 3.8) is 0 Å². The molecule has 0 aliphatic carbocycles. The Morgan fingerprint density at radius 1 is 0.838 bits per heavy atom. The molecule has 0 aromatic carbocycles. The van der Waals surface area contributed by atoms with Crippen LogP contribution in [0.4, 0.5) is 28.9 Å². The highest BCUT2D eigenvalue weighted by atomic mass is 35.5. The Morgan fingerprint density at radius 3 is 1.57 bits per heavy atom. The van der Waals surface area contributed by atoms with Crippen LogP contribution in [0.3, 0.4) is 0 Å². The average molecular weight is 567 g/mol. The summed E-state index contributed by atoms with van der Waals surface area (Å²) >= 11 is 12.0. The molecule has 2 aliphatic heterocycles. The summed E-state index contributed by atoms with van der Waals surface area (Å²) in [6.45, 7) is 0.791. The number of piperidine rings is 2. The molecule has 202 valence electrons. The maximum atomic E-state index is 13.1. The molecule has 0 saturated carbocycles. The number of carboxylic acids is 1. The van der Waals surface area contributed by atoms with Crippen LogP contribution in [-0.4, -0.2) is 72.1 Å². The van der Waals surface area contributed by atoms with Gasteiger partial charge in [-0.15, -0.1) is 0 Å². The van der Waals surface area contributed by atoms with Gasteiger partial charge in [0, 0.05) is 51.9 Å². The van der Waals surface area contributed by atoms with E-state index in [9.17, 15) is 27.2 Å². The standard InChI is InChI=1S/C12H13ClF2N2O2.C11H11ClF2N2O2/c1-19-11(18)9-6-8(13)10(7-16-9)17-4-2-12(14,15)3-5-17;12-7-5-8(10(17)18)15-6-9(7)16-3-1-11(13,14)2-4-16/h6-7H,2-5H2,1H3;5-6H,1-4H2,(H,17,18). The first kappa shape index (κ1) is 28.7. The Morgan fingerprint density at radius 2 is 1.22 bits per heavy atom. The highest BCUT2D eigenvalue weighted by Gasteiger charge is 2.35. The summed E-state index contributed by atoms with van der Waals surface area (Å²) < 4.78 is 56.7. The quantitative estimate of drug-likeness (QED) is 0.387. The summed E-state index contributed by atoms with van der Waals surface area (Å²) in [5, 5.41) is 9.27. The smallest absolute Gasteiger partial charge is 0.356 e. The van der Waals surface area contributed by atoms with Gasteiger partial charge in [-0.25, -0.2) is 37.1 Å². The molecule has 0 bridgehead atoms. The average Bonchev–Trinajstić information content (AvgIpc) is 2.84. The normalized spacial score (nSPS) is 18.5. The summed E-state index contributed by atoms with van der Waals surface area (Å²) in [7, 11) is 1.25. The first-order valence-corrected chi connectivity index (χ1v) is 12.0. The zero-order valence-corrected chi connectivity index (χ0v) is 21.2. The van der Waals surface area contributed by atoms with Gasteiger partial charge in [-0.2, -0.15) is 0 Å². The lowest BCUT2D eigenvalue weighted by Crippen LogP contribution is -2.39. The summed E-state index contributed by atoms with van der Waals surface area (Å²) in [5.41, 5.74) is 0.992. The second-order valence-corrected chi connectivity index (χ2v) is 9.34. The van der Waals surface area contributed by atoms with Gasteiger partial charge >= 0.3 is 11.9 Å². The molecule has 2 aromatic rings. The summed E-state index contributed by atoms with van der Waals surface area (Å²) in [4.78, 5) is 33.1. The third-order valence-corrected chi connectivity index (χ3v) is 6.56. The van der Waals surface area contributed by atoms with Crippen LogP contribution >= 0.6 is 23.2 Å². The highest BCUT2D eigenvalue weighted by Crippen LogP contribution is 2.34. The molecule has 4 rings (SSSR count). The minimum atomic E-state index is -2.63. The minimum Gasteiger partial charge on any atom is -0.477 e. The van der Waals surface area contributed by atoms with Crippen LogP contribution in [0, 0.1) is 0 Å². The molecular formula is C23H24Cl2F4N4O4. The van der Waals surface area contributed by atoms with Crippen molar-refractivity contribution in [2.45, 2.75) is 37.5 Å². The Bertz CT molecular complexity index is 1140. The second-order valence-electron chi connectivity index (χ2n) is 8.52. The fourth-order valence-electron chi connectivity index (χ4n) is 3.80. The predicted octanol–water partition coefficient (Wildman–Crippen LogP) is 5.43. The van der Waals surface area contributed by atoms with E-state index in [1.165, 1.54) is 31.6 Å². The Balaban J connectivity index is 0.000000206. The third kappa shape index (κ3) is 7.57. The molecule has 0 radical (unpaired) electrons. The number of carboxylic acid groups (broad SMARTS) is 1. The van der Waals surface area contributed by atoms with Crippen molar-refractivity contribution in [3.05, 3.63) is 46.0 Å². The zero-order chi connectivity index (χ0) is 27.4. The fourth-order valence-corrected chi connectivity index (χ4v) is 4.34. The maximum Gasteiger partial charge on any atom is 0.356 e. The first-order valence-electron chi connectivity index (χ1n) is 11.2. The van der Waals surface area contributed by atoms with Crippen molar-refractivity contribution in [1.82, 2.24) is 9.97 Å². The molecule has 0 unspecified atom stereocenters. The van der Waals surface area contributed by atoms with Crippen LogP contribution in [0.15, 0.2) is 24.5 Å². The van der Waals surface area contributed by atoms with Crippen LogP contribution in [0.25, 0.3) is 0 Å². The van der Waals surface area contributed by atoms with Gasteiger partial charge in [0.1, 0.15) is 11.4 Å². The second kappa shape index (κ2) is 11.7. The molecule has 0 spiro atoms. The lowest BCUT2D eigenvalue weighted by Gasteiger charge is -2.33. The van der Waals surface area contributed by atoms with E-state index < -0.39 is 23.8 Å². The first-order chi connectivity index (χ1) is 17.3. The number of pyridine rings is 2. The van der Waals surface area contributed by atoms with Crippen molar-refractivity contribution < 1.29 is 37.0 Å². The molecule has 0 atom stereocenters. The highest BCUT2D eigenvalue weighted by molar-refractivity contribution is 6.33. The van der Waals surface area contributed by atoms with E-state index in [0.29, 0.717) is 16.4 Å². The number of esters is 1. The fraction of sp³-hybridized carbons (Fsp3) is 0.478. The summed E-state index contributed by atoms with van der Waals surface area (Å²) in [6, 6.07) is 2.61. The number of carbonyl (C=O) groups excluding carboxylic acids is 1. The molecule has 2 aromatic heterocycles. The van der Waals surface area contributed by atoms with E-state index in [1.807, 2.05) is 0 Å². The minimum absolute atomic E-state index is 0.0959. The van der Waals surface area contributed by atoms with Gasteiger partial charge < -0.3 is 19.6 Å². The number of aromatic nitrogens is 2. The number of rotatable bonds is 4. The number of alkyl halides is 4. The Hall–Kier alpha value is -2.86. The molecule has 2 fully saturated rings. The lowest BCUT2D eigenvalue weighted by atomic mass is 10.1. The van der Waals surface area contributed by atoms with Gasteiger partial charge in [0.25, 0.3) is 11.8 Å². The van der Waals surface area contributed by atoms with Crippen LogP contribution in [0.2, 0.25) is 10.0 Å². The molecule has 1 N–H and O–H groups in total. The summed E-state index contributed by atoms with van der Waals surface area (Å²) in [5.74, 6) is -6.99. The number of methoxy groups -OCH3 is 1. The SMILES string of the molecule is COC(=O)c1cc(Cl)c(N2CCC(F)(F)CC2)cn1.O=C(O)c1cc(Cl)c(N2CCC(F)(F)CC2)cn1. The monoisotopic (exact) mass is 566 g/mol. The van der Waals surface area contributed by atoms with Crippen LogP contribution in [0.1, 0.15) is 46.7 Å². The number of aromatic carboxylic acids is 1. The van der Waals surface area contributed by atoms with E-state index >= 15 is 0 Å². The number of ether oxygens (including phenoxy) is 1. The van der Waals surface area contributed by atoms with Gasteiger partial charge in [-0.1, -0.05) is 23.2 Å². The molecular weight excluding hydrogens is 543 g/mol. The zero-order valence-electron chi connectivity index (χ0n) is 19.7. The topological polar surface area (TPSA) is 95.9 Å². The van der Waals surface area contributed by atoms with E-state index in [0.717, 1.165) is 0 Å². The van der Waals surface area contributed by atoms with E-state index in [2.05, 4.69) is 14.7 Å². The molecule has 2 aliphatic rings. The van der Waals surface area contributed by atoms with Gasteiger partial charge in [0.05, 0.1) is 40.9 Å². The number of anilines is 2. The molecule has 37 heavy (non-hydrogen) atoms. The number of hydrogen-bond donors (Lipinski definition) is 1. The Kier molecular flexibility index (Phi) is 9.06. The molecule has 14 heteroatoms. The van der Waals surface area contributed by atoms with Crippen LogP contribution in [0.5, 0.6) is 0 Å². The van der Waals surface area contributed by atoms with Gasteiger partial charge in [-0.05, 0) is 12.1 Å².